The van der Waals surface area contributed by atoms with Gasteiger partial charge in [0.2, 0.25) is 23.6 Å². The quantitative estimate of drug-likeness (QED) is 0.102. The number of H-pyrrole nitrogens is 1. The number of aliphatic hydroxyl groups excluding tert-OH is 1. The molecule has 0 aliphatic carbocycles. The van der Waals surface area contributed by atoms with Crippen molar-refractivity contribution in [1.82, 2.24) is 25.9 Å². The minimum atomic E-state index is -1.64. The molecule has 190 valence electrons. The van der Waals surface area contributed by atoms with E-state index in [9.17, 15) is 29.1 Å². The molecule has 4 atom stereocenters. The number of carbonyl (C=O) groups excluding carboxylic acids is 4. The summed E-state index contributed by atoms with van der Waals surface area (Å²) < 4.78 is 0. The summed E-state index contributed by atoms with van der Waals surface area (Å²) in [7, 11) is 0. The number of aromatic amines is 1. The third-order valence-electron chi connectivity index (χ3n) is 4.75. The number of aromatic nitrogens is 2. The molecular formula is C19H32N8O7. The van der Waals surface area contributed by atoms with E-state index in [-0.39, 0.29) is 12.8 Å². The summed E-state index contributed by atoms with van der Waals surface area (Å²) in [5, 5.41) is 25.5. The number of aliphatic carboxylic acids is 1. The summed E-state index contributed by atoms with van der Waals surface area (Å²) in [6, 6.07) is -5.28. The van der Waals surface area contributed by atoms with Crippen LogP contribution in [-0.2, 0) is 30.4 Å². The molecule has 1 aromatic heterocycles. The van der Waals surface area contributed by atoms with Crippen LogP contribution in [0.15, 0.2) is 12.5 Å². The van der Waals surface area contributed by atoms with E-state index in [1.165, 1.54) is 12.5 Å². The van der Waals surface area contributed by atoms with Crippen LogP contribution in [0.1, 0.15) is 31.4 Å². The molecule has 1 rings (SSSR count). The van der Waals surface area contributed by atoms with E-state index in [4.69, 9.17) is 22.3 Å². The monoisotopic (exact) mass is 484 g/mol. The minimum absolute atomic E-state index is 0.140. The molecule has 0 bridgehead atoms. The van der Waals surface area contributed by atoms with Crippen LogP contribution in [0.4, 0.5) is 0 Å². The lowest BCUT2D eigenvalue weighted by molar-refractivity contribution is -0.144. The number of amides is 4. The topological polar surface area (TPSA) is 269 Å². The van der Waals surface area contributed by atoms with Crippen molar-refractivity contribution in [3.05, 3.63) is 18.2 Å². The first-order chi connectivity index (χ1) is 16.1. The zero-order chi connectivity index (χ0) is 25.7. The predicted octanol–water partition coefficient (Wildman–Crippen LogP) is -4.18. The van der Waals surface area contributed by atoms with E-state index in [0.717, 1.165) is 0 Å². The second-order valence-corrected chi connectivity index (χ2v) is 7.55. The Morgan fingerprint density at radius 1 is 1.00 bits per heavy atom. The van der Waals surface area contributed by atoms with Crippen molar-refractivity contribution in [2.75, 3.05) is 13.2 Å². The second kappa shape index (κ2) is 14.6. The van der Waals surface area contributed by atoms with Crippen molar-refractivity contribution < 1.29 is 34.2 Å². The lowest BCUT2D eigenvalue weighted by atomic mass is 10.1. The Kier molecular flexibility index (Phi) is 12.2. The number of hydrogen-bond donors (Lipinski definition) is 9. The predicted molar refractivity (Wildman–Crippen MR) is 117 cm³/mol. The summed E-state index contributed by atoms with van der Waals surface area (Å²) in [5.74, 6) is -4.96. The molecule has 0 saturated carbocycles. The van der Waals surface area contributed by atoms with Crippen LogP contribution in [0, 0.1) is 0 Å². The van der Waals surface area contributed by atoms with Gasteiger partial charge in [-0.2, -0.15) is 0 Å². The molecular weight excluding hydrogens is 452 g/mol. The molecule has 0 fully saturated rings. The number of imidazole rings is 1. The zero-order valence-electron chi connectivity index (χ0n) is 18.5. The number of hydrogen-bond acceptors (Lipinski definition) is 9. The summed E-state index contributed by atoms with van der Waals surface area (Å²) >= 11 is 0. The average molecular weight is 485 g/mol. The van der Waals surface area contributed by atoms with E-state index in [1.807, 2.05) is 5.32 Å². The molecule has 4 amide bonds. The maximum atomic E-state index is 12.8. The van der Waals surface area contributed by atoms with Gasteiger partial charge in [0.25, 0.3) is 0 Å². The summed E-state index contributed by atoms with van der Waals surface area (Å²) in [4.78, 5) is 66.5. The number of aliphatic hydroxyl groups is 1. The highest BCUT2D eigenvalue weighted by atomic mass is 16.4. The van der Waals surface area contributed by atoms with Gasteiger partial charge in [0.1, 0.15) is 18.1 Å². The first kappa shape index (κ1) is 28.5. The van der Waals surface area contributed by atoms with Gasteiger partial charge >= 0.3 is 5.97 Å². The fraction of sp³-hybridized carbons (Fsp3) is 0.579. The lowest BCUT2D eigenvalue weighted by Gasteiger charge is -2.24. The molecule has 15 nitrogen and oxygen atoms in total. The van der Waals surface area contributed by atoms with Gasteiger partial charge < -0.3 is 48.3 Å². The summed E-state index contributed by atoms with van der Waals surface area (Å²) in [6.07, 6.45) is 3.61. The van der Waals surface area contributed by atoms with Crippen molar-refractivity contribution in [3.8, 4) is 0 Å². The van der Waals surface area contributed by atoms with Gasteiger partial charge in [-0.25, -0.2) is 9.78 Å². The molecule has 1 heterocycles. The molecule has 12 N–H and O–H groups in total. The average Bonchev–Trinajstić information content (AvgIpc) is 3.28. The number of nitrogens with zero attached hydrogens (tertiary/aromatic N) is 1. The smallest absolute Gasteiger partial charge is 0.326 e. The maximum Gasteiger partial charge on any atom is 0.326 e. The third kappa shape index (κ3) is 9.93. The Labute approximate surface area is 195 Å². The highest BCUT2D eigenvalue weighted by Gasteiger charge is 2.30. The van der Waals surface area contributed by atoms with Gasteiger partial charge in [0, 0.05) is 18.3 Å². The Morgan fingerprint density at radius 3 is 2.15 bits per heavy atom. The normalized spacial score (nSPS) is 14.3. The van der Waals surface area contributed by atoms with Crippen LogP contribution in [0.25, 0.3) is 0 Å². The minimum Gasteiger partial charge on any atom is -0.480 e. The number of carboxylic acid groups (broad SMARTS) is 1. The second-order valence-electron chi connectivity index (χ2n) is 7.55. The Morgan fingerprint density at radius 2 is 1.62 bits per heavy atom. The van der Waals surface area contributed by atoms with Crippen molar-refractivity contribution in [3.63, 3.8) is 0 Å². The molecule has 34 heavy (non-hydrogen) atoms. The summed E-state index contributed by atoms with van der Waals surface area (Å²) in [5.41, 5.74) is 17.0. The standard InChI is InChI=1S/C19H32N8O7/c20-4-2-1-3-12(25-16(30)11(21)5-10-7-23-9-24-10)17(31)27-14(8-28)18(32)26-13(19(33)34)6-15(22)29/h7,9,11-14,28H,1-6,8,20-21H2,(H2,22,29)(H,23,24)(H,25,30)(H,26,32)(H,27,31)(H,33,34). The molecule has 0 radical (unpaired) electrons. The van der Waals surface area contributed by atoms with Gasteiger partial charge in [-0.1, -0.05) is 0 Å². The number of carbonyl (C=O) groups is 5. The number of carboxylic acids is 1. The third-order valence-corrected chi connectivity index (χ3v) is 4.75. The largest absolute Gasteiger partial charge is 0.480 e. The Balaban J connectivity index is 2.83. The number of nitrogens with two attached hydrogens (primary N) is 3. The fourth-order valence-electron chi connectivity index (χ4n) is 2.91. The van der Waals surface area contributed by atoms with Crippen LogP contribution in [0.5, 0.6) is 0 Å². The van der Waals surface area contributed by atoms with Gasteiger partial charge in [-0.05, 0) is 25.8 Å². The number of primary amides is 1. The molecule has 0 spiro atoms. The van der Waals surface area contributed by atoms with E-state index in [0.29, 0.717) is 25.1 Å². The van der Waals surface area contributed by atoms with Crippen LogP contribution in [0.3, 0.4) is 0 Å². The van der Waals surface area contributed by atoms with Gasteiger partial charge in [0.05, 0.1) is 25.4 Å². The Hall–Kier alpha value is -3.56. The molecule has 1 aromatic rings. The molecule has 0 aliphatic heterocycles. The molecule has 15 heteroatoms. The van der Waals surface area contributed by atoms with E-state index in [2.05, 4.69) is 20.6 Å². The van der Waals surface area contributed by atoms with Crippen LogP contribution in [-0.4, -0.2) is 87.1 Å². The van der Waals surface area contributed by atoms with E-state index in [1.54, 1.807) is 0 Å². The first-order valence-corrected chi connectivity index (χ1v) is 10.5. The first-order valence-electron chi connectivity index (χ1n) is 10.5. The van der Waals surface area contributed by atoms with Crippen LogP contribution >= 0.6 is 0 Å². The zero-order valence-corrected chi connectivity index (χ0v) is 18.5. The van der Waals surface area contributed by atoms with Crippen molar-refractivity contribution in [2.24, 2.45) is 17.2 Å². The van der Waals surface area contributed by atoms with Crippen molar-refractivity contribution in [2.45, 2.75) is 56.3 Å². The molecule has 4 unspecified atom stereocenters. The molecule has 0 aromatic carbocycles. The van der Waals surface area contributed by atoms with Gasteiger partial charge in [-0.3, -0.25) is 19.2 Å². The number of unbranched alkanes of at least 4 members (excludes halogenated alkanes) is 1. The summed E-state index contributed by atoms with van der Waals surface area (Å²) in [6.45, 7) is -0.511. The van der Waals surface area contributed by atoms with Crippen molar-refractivity contribution >= 4 is 29.6 Å². The SMILES string of the molecule is NCCCCC(NC(=O)C(N)Cc1cnc[nH]1)C(=O)NC(CO)C(=O)NC(CC(N)=O)C(=O)O. The highest BCUT2D eigenvalue weighted by molar-refractivity contribution is 5.94. The molecule has 0 aliphatic rings. The maximum absolute atomic E-state index is 12.8. The Bertz CT molecular complexity index is 833. The van der Waals surface area contributed by atoms with E-state index < -0.39 is 66.8 Å². The van der Waals surface area contributed by atoms with Gasteiger partial charge in [0.15, 0.2) is 0 Å². The molecule has 0 saturated heterocycles. The number of nitrogens with one attached hydrogen (secondary N) is 4. The lowest BCUT2D eigenvalue weighted by Crippen LogP contribution is -2.58. The fourth-order valence-corrected chi connectivity index (χ4v) is 2.91. The van der Waals surface area contributed by atoms with Crippen LogP contribution in [0.2, 0.25) is 0 Å². The van der Waals surface area contributed by atoms with Crippen LogP contribution < -0.4 is 33.2 Å². The van der Waals surface area contributed by atoms with E-state index >= 15 is 0 Å². The van der Waals surface area contributed by atoms with Gasteiger partial charge in [-0.15, -0.1) is 0 Å². The highest BCUT2D eigenvalue weighted by Crippen LogP contribution is 2.04. The van der Waals surface area contributed by atoms with Crippen molar-refractivity contribution in [1.29, 1.82) is 0 Å². The number of rotatable bonds is 16.